The van der Waals surface area contributed by atoms with Crippen molar-refractivity contribution in [2.24, 2.45) is 5.73 Å². The average Bonchev–Trinajstić information content (AvgIpc) is 2.17. The minimum Gasteiger partial charge on any atom is -0.370 e. The van der Waals surface area contributed by atoms with Crippen LogP contribution in [-0.4, -0.2) is 17.9 Å². The van der Waals surface area contributed by atoms with Gasteiger partial charge in [0.2, 0.25) is 0 Å². The molecule has 3 N–H and O–H groups in total. The van der Waals surface area contributed by atoms with E-state index in [1.165, 1.54) is 4.90 Å². The molecule has 0 aliphatic heterocycles. The number of nitrogens with one attached hydrogen (secondary N) is 1. The molecule has 0 aliphatic carbocycles. The highest BCUT2D eigenvalue weighted by atomic mass is 15.2. The van der Waals surface area contributed by atoms with Gasteiger partial charge in [-0.05, 0) is 5.56 Å². The lowest BCUT2D eigenvalue weighted by atomic mass is 10.1. The highest BCUT2D eigenvalue weighted by Gasteiger charge is 2.05. The zero-order valence-corrected chi connectivity index (χ0v) is 7.62. The third kappa shape index (κ3) is 2.08. The number of hydrogen-bond acceptors (Lipinski definition) is 1. The molecule has 0 aliphatic rings. The van der Waals surface area contributed by atoms with Crippen LogP contribution in [0.1, 0.15) is 5.56 Å². The van der Waals surface area contributed by atoms with Gasteiger partial charge in [0.05, 0.1) is 0 Å². The minimum atomic E-state index is -0.00569. The monoisotopic (exact) mass is 175 g/mol. The van der Waals surface area contributed by atoms with E-state index < -0.39 is 0 Å². The van der Waals surface area contributed by atoms with Crippen molar-refractivity contribution in [1.29, 1.82) is 5.41 Å². The fourth-order valence-corrected chi connectivity index (χ4v) is 0.970. The molecule has 3 heteroatoms. The molecule has 0 unspecified atom stereocenters. The van der Waals surface area contributed by atoms with E-state index in [0.717, 1.165) is 11.3 Å². The molecular weight excluding hydrogens is 162 g/mol. The molecule has 3 nitrogen and oxygen atoms in total. The molecule has 0 fully saturated rings. The number of nitrogens with zero attached hydrogens (tertiary/aromatic N) is 1. The maximum Gasteiger partial charge on any atom is 0.192 e. The van der Waals surface area contributed by atoms with Gasteiger partial charge in [-0.3, -0.25) is 5.41 Å². The maximum atomic E-state index is 7.22. The summed E-state index contributed by atoms with van der Waals surface area (Å²) in [5, 5.41) is 7.22. The molecule has 0 heterocycles. The Kier molecular flexibility index (Phi) is 2.69. The highest BCUT2D eigenvalue weighted by molar-refractivity contribution is 5.84. The summed E-state index contributed by atoms with van der Waals surface area (Å²) < 4.78 is 0. The van der Waals surface area contributed by atoms with E-state index in [0.29, 0.717) is 0 Å². The van der Waals surface area contributed by atoms with Crippen LogP contribution in [0.15, 0.2) is 36.9 Å². The molecule has 68 valence electrons. The lowest BCUT2D eigenvalue weighted by molar-refractivity contribution is 0.703. The Balaban J connectivity index is 2.86. The molecule has 0 bridgehead atoms. The maximum absolute atomic E-state index is 7.22. The summed E-state index contributed by atoms with van der Waals surface area (Å²) in [6, 6.07) is 9.65. The van der Waals surface area contributed by atoms with Crippen molar-refractivity contribution in [3.05, 3.63) is 42.5 Å². The number of benzene rings is 1. The summed E-state index contributed by atoms with van der Waals surface area (Å²) in [4.78, 5) is 1.54. The smallest absolute Gasteiger partial charge is 0.192 e. The third-order valence-electron chi connectivity index (χ3n) is 1.87. The summed E-state index contributed by atoms with van der Waals surface area (Å²) in [6.07, 6.45) is 0. The van der Waals surface area contributed by atoms with Crippen molar-refractivity contribution >= 4 is 11.7 Å². The number of nitrogens with two attached hydrogens (primary N) is 1. The van der Waals surface area contributed by atoms with Gasteiger partial charge in [-0.1, -0.05) is 36.9 Å². The van der Waals surface area contributed by atoms with Crippen LogP contribution in [0.3, 0.4) is 0 Å². The van der Waals surface area contributed by atoms with E-state index in [9.17, 15) is 0 Å². The minimum absolute atomic E-state index is 0.00569. The van der Waals surface area contributed by atoms with Crippen LogP contribution in [0.25, 0.3) is 5.70 Å². The summed E-state index contributed by atoms with van der Waals surface area (Å²) in [5.41, 5.74) is 7.02. The molecule has 0 saturated heterocycles. The fraction of sp³-hybridized carbons (Fsp3) is 0.100. The molecule has 1 aromatic rings. The van der Waals surface area contributed by atoms with Gasteiger partial charge in [0.1, 0.15) is 0 Å². The first kappa shape index (κ1) is 9.32. The fourth-order valence-electron chi connectivity index (χ4n) is 0.970. The summed E-state index contributed by atoms with van der Waals surface area (Å²) in [7, 11) is 1.72. The van der Waals surface area contributed by atoms with Crippen molar-refractivity contribution in [2.75, 3.05) is 7.05 Å². The second-order valence-electron chi connectivity index (χ2n) is 2.76. The van der Waals surface area contributed by atoms with Crippen molar-refractivity contribution in [3.63, 3.8) is 0 Å². The number of guanidine groups is 1. The van der Waals surface area contributed by atoms with E-state index in [2.05, 4.69) is 6.58 Å². The quantitative estimate of drug-likeness (QED) is 0.528. The summed E-state index contributed by atoms with van der Waals surface area (Å²) in [6.45, 7) is 3.85. The molecule has 0 aromatic heterocycles. The summed E-state index contributed by atoms with van der Waals surface area (Å²) in [5.74, 6) is -0.00569. The third-order valence-corrected chi connectivity index (χ3v) is 1.87. The van der Waals surface area contributed by atoms with Gasteiger partial charge >= 0.3 is 0 Å². The predicted octanol–water partition coefficient (Wildman–Crippen LogP) is 1.48. The highest BCUT2D eigenvalue weighted by Crippen LogP contribution is 2.13. The molecule has 0 amide bonds. The van der Waals surface area contributed by atoms with E-state index in [-0.39, 0.29) is 5.96 Å². The van der Waals surface area contributed by atoms with Crippen LogP contribution in [-0.2, 0) is 0 Å². The molecule has 0 saturated carbocycles. The molecule has 0 radical (unpaired) electrons. The SMILES string of the molecule is C=C(c1ccccc1)N(C)C(=N)N. The van der Waals surface area contributed by atoms with E-state index >= 15 is 0 Å². The van der Waals surface area contributed by atoms with Crippen molar-refractivity contribution in [3.8, 4) is 0 Å². The molecule has 0 atom stereocenters. The normalized spacial score (nSPS) is 9.31. The number of hydrogen-bond donors (Lipinski definition) is 2. The first-order chi connectivity index (χ1) is 6.13. The van der Waals surface area contributed by atoms with Crippen LogP contribution in [0.2, 0.25) is 0 Å². The van der Waals surface area contributed by atoms with Crippen molar-refractivity contribution in [2.45, 2.75) is 0 Å². The van der Waals surface area contributed by atoms with Crippen LogP contribution >= 0.6 is 0 Å². The van der Waals surface area contributed by atoms with Gasteiger partial charge < -0.3 is 10.6 Å². The Labute approximate surface area is 78.0 Å². The predicted molar refractivity (Wildman–Crippen MR) is 55.2 cm³/mol. The molecular formula is C10H13N3. The van der Waals surface area contributed by atoms with Gasteiger partial charge in [0.15, 0.2) is 5.96 Å². The van der Waals surface area contributed by atoms with Gasteiger partial charge in [-0.25, -0.2) is 0 Å². The Morgan fingerprint density at radius 2 is 1.92 bits per heavy atom. The Bertz CT molecular complexity index is 316. The van der Waals surface area contributed by atoms with Crippen LogP contribution in [0.5, 0.6) is 0 Å². The standard InChI is InChI=1S/C10H13N3/c1-8(13(2)10(11)12)9-6-4-3-5-7-9/h3-7H,1H2,2H3,(H3,11,12). The Hall–Kier alpha value is -1.77. The van der Waals surface area contributed by atoms with Crippen LogP contribution < -0.4 is 5.73 Å². The summed E-state index contributed by atoms with van der Waals surface area (Å²) >= 11 is 0. The van der Waals surface area contributed by atoms with Crippen molar-refractivity contribution < 1.29 is 0 Å². The van der Waals surface area contributed by atoms with E-state index in [1.54, 1.807) is 7.05 Å². The molecule has 13 heavy (non-hydrogen) atoms. The van der Waals surface area contributed by atoms with Gasteiger partial charge in [-0.15, -0.1) is 0 Å². The topological polar surface area (TPSA) is 53.1 Å². The first-order valence-electron chi connectivity index (χ1n) is 3.95. The zero-order valence-electron chi connectivity index (χ0n) is 7.62. The molecule has 1 rings (SSSR count). The van der Waals surface area contributed by atoms with Crippen molar-refractivity contribution in [1.82, 2.24) is 4.90 Å². The van der Waals surface area contributed by atoms with Crippen LogP contribution in [0, 0.1) is 5.41 Å². The Morgan fingerprint density at radius 3 is 2.38 bits per heavy atom. The van der Waals surface area contributed by atoms with Gasteiger partial charge in [-0.2, -0.15) is 0 Å². The molecule has 1 aromatic carbocycles. The van der Waals surface area contributed by atoms with Gasteiger partial charge in [0, 0.05) is 12.7 Å². The van der Waals surface area contributed by atoms with Gasteiger partial charge in [0.25, 0.3) is 0 Å². The average molecular weight is 175 g/mol. The number of rotatable bonds is 2. The van der Waals surface area contributed by atoms with E-state index in [4.69, 9.17) is 11.1 Å². The second-order valence-corrected chi connectivity index (χ2v) is 2.76. The lowest BCUT2D eigenvalue weighted by Gasteiger charge is -2.19. The molecule has 0 spiro atoms. The zero-order chi connectivity index (χ0) is 9.84. The second kappa shape index (κ2) is 3.76. The largest absolute Gasteiger partial charge is 0.370 e. The first-order valence-corrected chi connectivity index (χ1v) is 3.95. The van der Waals surface area contributed by atoms with Crippen LogP contribution in [0.4, 0.5) is 0 Å². The Morgan fingerprint density at radius 1 is 1.38 bits per heavy atom. The lowest BCUT2D eigenvalue weighted by Crippen LogP contribution is -2.30. The van der Waals surface area contributed by atoms with E-state index in [1.807, 2.05) is 30.3 Å².